The lowest BCUT2D eigenvalue weighted by Crippen LogP contribution is -2.39. The van der Waals surface area contributed by atoms with Gasteiger partial charge in [0.15, 0.2) is 9.84 Å². The van der Waals surface area contributed by atoms with Crippen molar-refractivity contribution in [3.05, 3.63) is 35.4 Å². The maximum absolute atomic E-state index is 11.9. The van der Waals surface area contributed by atoms with E-state index in [2.05, 4.69) is 5.32 Å². The number of hydrogen-bond acceptors (Lipinski definition) is 4. The fourth-order valence-corrected chi connectivity index (χ4v) is 4.09. The summed E-state index contributed by atoms with van der Waals surface area (Å²) in [5.74, 6) is -0.861. The van der Waals surface area contributed by atoms with Gasteiger partial charge in [-0.05, 0) is 17.5 Å². The first-order chi connectivity index (χ1) is 9.43. The minimum absolute atomic E-state index is 0.157. The van der Waals surface area contributed by atoms with Crippen molar-refractivity contribution < 1.29 is 23.4 Å². The first kappa shape index (κ1) is 14.8. The number of rotatable bonds is 5. The number of carboxylic acid groups (broad SMARTS) is 1. The summed E-state index contributed by atoms with van der Waals surface area (Å²) in [6, 6.07) is 6.93. The van der Waals surface area contributed by atoms with Crippen molar-refractivity contribution in [3.8, 4) is 0 Å². The van der Waals surface area contributed by atoms with Crippen LogP contribution in [0, 0.1) is 0 Å². The lowest BCUT2D eigenvalue weighted by molar-refractivity contribution is 0.189. The Morgan fingerprint density at radius 1 is 1.35 bits per heavy atom. The number of aliphatic hydroxyl groups excluding tert-OH is 1. The van der Waals surface area contributed by atoms with Crippen LogP contribution >= 0.6 is 0 Å². The lowest BCUT2D eigenvalue weighted by Gasteiger charge is -2.20. The molecule has 0 bridgehead atoms. The van der Waals surface area contributed by atoms with Crippen molar-refractivity contribution in [3.63, 3.8) is 0 Å². The van der Waals surface area contributed by atoms with Gasteiger partial charge in [-0.3, -0.25) is 0 Å². The van der Waals surface area contributed by atoms with E-state index in [0.717, 1.165) is 11.1 Å². The van der Waals surface area contributed by atoms with Crippen molar-refractivity contribution in [2.45, 2.75) is 18.4 Å². The van der Waals surface area contributed by atoms with Crippen LogP contribution in [-0.4, -0.2) is 48.9 Å². The summed E-state index contributed by atoms with van der Waals surface area (Å²) < 4.78 is 23.8. The van der Waals surface area contributed by atoms with Gasteiger partial charge < -0.3 is 15.5 Å². The highest BCUT2D eigenvalue weighted by Gasteiger charge is 2.36. The molecule has 2 rings (SSSR count). The molecule has 0 aromatic heterocycles. The molecule has 0 saturated carbocycles. The number of carbonyl (C=O) groups is 1. The Morgan fingerprint density at radius 2 is 2.05 bits per heavy atom. The summed E-state index contributed by atoms with van der Waals surface area (Å²) in [6.45, 7) is -0.423. The molecule has 0 spiro atoms. The number of nitrogens with one attached hydrogen (secondary N) is 1. The van der Waals surface area contributed by atoms with Gasteiger partial charge in [0.2, 0.25) is 0 Å². The second kappa shape index (κ2) is 5.80. The first-order valence-corrected chi connectivity index (χ1v) is 8.13. The van der Waals surface area contributed by atoms with Crippen LogP contribution in [0.5, 0.6) is 0 Å². The summed E-state index contributed by atoms with van der Waals surface area (Å²) in [4.78, 5) is 10.8. The van der Waals surface area contributed by atoms with Crippen molar-refractivity contribution in [1.29, 1.82) is 0 Å². The molecule has 1 aliphatic carbocycles. The molecule has 1 aromatic rings. The molecule has 0 fully saturated rings. The van der Waals surface area contributed by atoms with Crippen LogP contribution < -0.4 is 5.32 Å². The molecule has 0 heterocycles. The quantitative estimate of drug-likeness (QED) is 0.729. The molecule has 1 aliphatic rings. The fraction of sp³-hybridized carbons (Fsp3) is 0.462. The number of amides is 1. The normalized spacial score (nSPS) is 21.4. The van der Waals surface area contributed by atoms with Gasteiger partial charge in [0, 0.05) is 12.0 Å². The molecule has 20 heavy (non-hydrogen) atoms. The predicted octanol–water partition coefficient (Wildman–Crippen LogP) is 0.370. The third kappa shape index (κ3) is 3.29. The molecule has 1 amide bonds. The molecule has 3 N–H and O–H groups in total. The van der Waals surface area contributed by atoms with Gasteiger partial charge in [0.1, 0.15) is 0 Å². The molecule has 0 aliphatic heterocycles. The third-order valence-corrected chi connectivity index (χ3v) is 5.20. The Hall–Kier alpha value is -1.60. The van der Waals surface area contributed by atoms with Gasteiger partial charge in [-0.15, -0.1) is 0 Å². The van der Waals surface area contributed by atoms with Crippen molar-refractivity contribution >= 4 is 15.9 Å². The molecule has 1 aromatic carbocycles. The molecule has 110 valence electrons. The van der Waals surface area contributed by atoms with E-state index >= 15 is 0 Å². The lowest BCUT2D eigenvalue weighted by atomic mass is 10.0. The number of hydrogen-bond donors (Lipinski definition) is 3. The molecular weight excluding hydrogens is 282 g/mol. The molecular formula is C13H17NO5S. The molecule has 7 heteroatoms. The van der Waals surface area contributed by atoms with Crippen LogP contribution in [0.15, 0.2) is 24.3 Å². The fourth-order valence-electron chi connectivity index (χ4n) is 2.69. The number of fused-ring (bicyclic) bond motifs is 1. The van der Waals surface area contributed by atoms with Gasteiger partial charge >= 0.3 is 6.09 Å². The minimum atomic E-state index is -3.41. The Bertz CT molecular complexity index is 599. The third-order valence-electron chi connectivity index (χ3n) is 3.52. The van der Waals surface area contributed by atoms with E-state index in [0.29, 0.717) is 6.42 Å². The van der Waals surface area contributed by atoms with Gasteiger partial charge in [-0.2, -0.15) is 0 Å². The van der Waals surface area contributed by atoms with Gasteiger partial charge in [-0.25, -0.2) is 13.2 Å². The summed E-state index contributed by atoms with van der Waals surface area (Å²) in [7, 11) is -3.41. The van der Waals surface area contributed by atoms with Gasteiger partial charge in [0.05, 0.1) is 18.1 Å². The average molecular weight is 299 g/mol. The Balaban J connectivity index is 2.27. The monoisotopic (exact) mass is 299 g/mol. The standard InChI is InChI=1S/C13H17NO5S/c15-5-6-20(18,19)8-11-10-4-2-1-3-9(10)7-12(11)14-13(16)17/h1-4,11-12,14-15H,5-8H2,(H,16,17)/t11-,12-/m1/s1. The van der Waals surface area contributed by atoms with E-state index in [4.69, 9.17) is 10.2 Å². The molecule has 2 atom stereocenters. The van der Waals surface area contributed by atoms with E-state index in [1.807, 2.05) is 24.3 Å². The summed E-state index contributed by atoms with van der Waals surface area (Å²) in [6.07, 6.45) is -0.672. The summed E-state index contributed by atoms with van der Waals surface area (Å²) >= 11 is 0. The molecule has 0 radical (unpaired) electrons. The largest absolute Gasteiger partial charge is 0.465 e. The summed E-state index contributed by atoms with van der Waals surface area (Å²) in [5.41, 5.74) is 1.84. The van der Waals surface area contributed by atoms with E-state index in [1.54, 1.807) is 0 Å². The molecule has 6 nitrogen and oxygen atoms in total. The topological polar surface area (TPSA) is 104 Å². The number of sulfone groups is 1. The highest BCUT2D eigenvalue weighted by molar-refractivity contribution is 7.91. The van der Waals surface area contributed by atoms with Crippen LogP contribution in [0.25, 0.3) is 0 Å². The zero-order valence-corrected chi connectivity index (χ0v) is 11.6. The van der Waals surface area contributed by atoms with E-state index < -0.39 is 34.5 Å². The minimum Gasteiger partial charge on any atom is -0.465 e. The smallest absolute Gasteiger partial charge is 0.404 e. The zero-order chi connectivity index (χ0) is 14.8. The van der Waals surface area contributed by atoms with Gasteiger partial charge in [0.25, 0.3) is 0 Å². The Labute approximate surface area is 117 Å². The maximum atomic E-state index is 11.9. The van der Waals surface area contributed by atoms with Crippen molar-refractivity contribution in [2.24, 2.45) is 0 Å². The first-order valence-electron chi connectivity index (χ1n) is 6.31. The Morgan fingerprint density at radius 3 is 2.70 bits per heavy atom. The zero-order valence-electron chi connectivity index (χ0n) is 10.8. The van der Waals surface area contributed by atoms with E-state index in [9.17, 15) is 13.2 Å². The maximum Gasteiger partial charge on any atom is 0.404 e. The molecule has 0 saturated heterocycles. The molecule has 0 unspecified atom stereocenters. The van der Waals surface area contributed by atoms with Gasteiger partial charge in [-0.1, -0.05) is 24.3 Å². The second-order valence-corrected chi connectivity index (χ2v) is 7.13. The van der Waals surface area contributed by atoms with E-state index in [-0.39, 0.29) is 11.5 Å². The van der Waals surface area contributed by atoms with E-state index in [1.165, 1.54) is 0 Å². The number of aliphatic hydroxyl groups is 1. The second-order valence-electron chi connectivity index (χ2n) is 4.90. The number of benzene rings is 1. The highest BCUT2D eigenvalue weighted by Crippen LogP contribution is 2.34. The van der Waals surface area contributed by atoms with Crippen molar-refractivity contribution in [1.82, 2.24) is 5.32 Å². The van der Waals surface area contributed by atoms with Crippen LogP contribution in [0.1, 0.15) is 17.0 Å². The van der Waals surface area contributed by atoms with Crippen LogP contribution in [0.4, 0.5) is 4.79 Å². The summed E-state index contributed by atoms with van der Waals surface area (Å²) in [5, 5.41) is 20.1. The van der Waals surface area contributed by atoms with Crippen LogP contribution in [0.3, 0.4) is 0 Å². The Kier molecular flexibility index (Phi) is 4.29. The van der Waals surface area contributed by atoms with Crippen molar-refractivity contribution in [2.75, 3.05) is 18.1 Å². The SMILES string of the molecule is O=C(O)N[C@@H]1Cc2ccccc2[C@H]1CS(=O)(=O)CCO. The highest BCUT2D eigenvalue weighted by atomic mass is 32.2. The average Bonchev–Trinajstić information content (AvgIpc) is 2.66. The van der Waals surface area contributed by atoms with Crippen LogP contribution in [-0.2, 0) is 16.3 Å². The predicted molar refractivity (Wildman–Crippen MR) is 73.6 cm³/mol. The van der Waals surface area contributed by atoms with Crippen LogP contribution in [0.2, 0.25) is 0 Å².